The molecule has 18 heavy (non-hydrogen) atoms. The number of nitrogens with one attached hydrogen (secondary N) is 1. The van der Waals surface area contributed by atoms with Gasteiger partial charge in [-0.05, 0) is 24.3 Å². The molecule has 1 rings (SSSR count). The average Bonchev–Trinajstić information content (AvgIpc) is 2.31. The van der Waals surface area contributed by atoms with Gasteiger partial charge in [0.25, 0.3) is 0 Å². The van der Waals surface area contributed by atoms with E-state index in [1.165, 1.54) is 23.9 Å². The summed E-state index contributed by atoms with van der Waals surface area (Å²) in [5, 5.41) is 8.26. The number of rotatable bonds is 7. The van der Waals surface area contributed by atoms with Gasteiger partial charge in [-0.2, -0.15) is 0 Å². The standard InChI is InChI=1S/C11H12FNO4S/c12-8-1-3-9(4-2-8)18-6-5-10(14)13-17-7-11(15)16/h1-4H,5-7H2,(H,13,14)(H,15,16). The molecule has 1 aromatic rings. The Balaban J connectivity index is 2.15. The molecule has 0 aromatic heterocycles. The van der Waals surface area contributed by atoms with Gasteiger partial charge < -0.3 is 5.11 Å². The number of carboxylic acid groups (broad SMARTS) is 1. The van der Waals surface area contributed by atoms with Crippen LogP contribution in [0.3, 0.4) is 0 Å². The van der Waals surface area contributed by atoms with E-state index in [4.69, 9.17) is 5.11 Å². The van der Waals surface area contributed by atoms with Crippen molar-refractivity contribution in [3.05, 3.63) is 30.1 Å². The van der Waals surface area contributed by atoms with Crippen LogP contribution in [-0.2, 0) is 14.4 Å². The number of carbonyl (C=O) groups is 2. The van der Waals surface area contributed by atoms with Crippen molar-refractivity contribution in [1.29, 1.82) is 0 Å². The molecule has 0 fully saturated rings. The van der Waals surface area contributed by atoms with E-state index in [0.29, 0.717) is 5.75 Å². The van der Waals surface area contributed by atoms with Crippen molar-refractivity contribution in [2.24, 2.45) is 0 Å². The minimum atomic E-state index is -1.16. The second-order valence-corrected chi connectivity index (χ2v) is 4.43. The van der Waals surface area contributed by atoms with E-state index in [1.807, 2.05) is 5.48 Å². The topological polar surface area (TPSA) is 75.6 Å². The Hall–Kier alpha value is -1.60. The summed E-state index contributed by atoms with van der Waals surface area (Å²) in [5.74, 6) is -1.37. The van der Waals surface area contributed by atoms with Crippen molar-refractivity contribution in [2.45, 2.75) is 11.3 Å². The van der Waals surface area contributed by atoms with Gasteiger partial charge in [0, 0.05) is 17.1 Å². The lowest BCUT2D eigenvalue weighted by Crippen LogP contribution is -2.26. The third kappa shape index (κ3) is 6.21. The fourth-order valence-electron chi connectivity index (χ4n) is 1.02. The van der Waals surface area contributed by atoms with Crippen LogP contribution in [0.1, 0.15) is 6.42 Å². The maximum absolute atomic E-state index is 12.6. The molecule has 0 heterocycles. The van der Waals surface area contributed by atoms with Gasteiger partial charge >= 0.3 is 5.97 Å². The second-order valence-electron chi connectivity index (χ2n) is 3.26. The zero-order valence-corrected chi connectivity index (χ0v) is 10.2. The van der Waals surface area contributed by atoms with Crippen LogP contribution in [0.2, 0.25) is 0 Å². The molecule has 1 amide bonds. The molecule has 0 aliphatic heterocycles. The summed E-state index contributed by atoms with van der Waals surface area (Å²) >= 11 is 1.40. The van der Waals surface area contributed by atoms with Crippen LogP contribution in [0.25, 0.3) is 0 Å². The van der Waals surface area contributed by atoms with Crippen molar-refractivity contribution in [3.8, 4) is 0 Å². The van der Waals surface area contributed by atoms with Gasteiger partial charge in [-0.3, -0.25) is 9.63 Å². The maximum Gasteiger partial charge on any atom is 0.332 e. The molecule has 0 unspecified atom stereocenters. The molecule has 0 radical (unpaired) electrons. The third-order valence-corrected chi connectivity index (χ3v) is 2.81. The molecule has 0 bridgehead atoms. The number of carboxylic acids is 1. The molecular weight excluding hydrogens is 261 g/mol. The van der Waals surface area contributed by atoms with Gasteiger partial charge in [-0.1, -0.05) is 0 Å². The summed E-state index contributed by atoms with van der Waals surface area (Å²) in [6.45, 7) is -0.573. The van der Waals surface area contributed by atoms with Gasteiger partial charge in [-0.25, -0.2) is 14.7 Å². The number of hydrogen-bond donors (Lipinski definition) is 2. The molecule has 2 N–H and O–H groups in total. The predicted octanol–water partition coefficient (Wildman–Crippen LogP) is 1.44. The summed E-state index contributed by atoms with van der Waals surface area (Å²) < 4.78 is 12.6. The highest BCUT2D eigenvalue weighted by atomic mass is 32.2. The fourth-order valence-corrected chi connectivity index (χ4v) is 1.87. The Morgan fingerprint density at radius 3 is 2.61 bits per heavy atom. The molecule has 0 aliphatic carbocycles. The lowest BCUT2D eigenvalue weighted by atomic mass is 10.4. The molecule has 0 saturated heterocycles. The zero-order valence-electron chi connectivity index (χ0n) is 9.39. The smallest absolute Gasteiger partial charge is 0.332 e. The number of aliphatic carboxylic acids is 1. The molecule has 98 valence electrons. The highest BCUT2D eigenvalue weighted by Crippen LogP contribution is 2.18. The largest absolute Gasteiger partial charge is 0.479 e. The first-order valence-corrected chi connectivity index (χ1v) is 6.07. The van der Waals surface area contributed by atoms with Crippen LogP contribution in [0.15, 0.2) is 29.2 Å². The maximum atomic E-state index is 12.6. The molecule has 0 spiro atoms. The first kappa shape index (κ1) is 14.5. The number of benzene rings is 1. The van der Waals surface area contributed by atoms with E-state index in [-0.39, 0.29) is 12.2 Å². The lowest BCUT2D eigenvalue weighted by molar-refractivity contribution is -0.149. The van der Waals surface area contributed by atoms with Crippen LogP contribution < -0.4 is 5.48 Å². The summed E-state index contributed by atoms with van der Waals surface area (Å²) in [4.78, 5) is 26.5. The Morgan fingerprint density at radius 2 is 2.00 bits per heavy atom. The molecule has 5 nitrogen and oxygen atoms in total. The summed E-state index contributed by atoms with van der Waals surface area (Å²) in [7, 11) is 0. The molecule has 0 saturated carbocycles. The Morgan fingerprint density at radius 1 is 1.33 bits per heavy atom. The van der Waals surface area contributed by atoms with Crippen molar-refractivity contribution in [3.63, 3.8) is 0 Å². The van der Waals surface area contributed by atoms with E-state index in [9.17, 15) is 14.0 Å². The predicted molar refractivity (Wildman–Crippen MR) is 63.5 cm³/mol. The fraction of sp³-hybridized carbons (Fsp3) is 0.273. The average molecular weight is 273 g/mol. The summed E-state index contributed by atoms with van der Waals surface area (Å²) in [6, 6.07) is 5.94. The van der Waals surface area contributed by atoms with Crippen LogP contribution in [-0.4, -0.2) is 29.3 Å². The number of hydrogen-bond acceptors (Lipinski definition) is 4. The highest BCUT2D eigenvalue weighted by Gasteiger charge is 2.03. The second kappa shape index (κ2) is 7.67. The number of hydroxylamine groups is 1. The van der Waals surface area contributed by atoms with Crippen LogP contribution in [0, 0.1) is 5.82 Å². The summed E-state index contributed by atoms with van der Waals surface area (Å²) in [6.07, 6.45) is 0.182. The number of thioether (sulfide) groups is 1. The number of carbonyl (C=O) groups excluding carboxylic acids is 1. The molecule has 7 heteroatoms. The first-order chi connectivity index (χ1) is 8.58. The molecule has 1 aromatic carbocycles. The Kier molecular flexibility index (Phi) is 6.16. The third-order valence-electron chi connectivity index (χ3n) is 1.79. The molecule has 0 aliphatic rings. The Bertz CT molecular complexity index is 410. The van der Waals surface area contributed by atoms with Gasteiger partial charge in [0.1, 0.15) is 5.82 Å². The monoisotopic (exact) mass is 273 g/mol. The number of amides is 1. The normalized spacial score (nSPS) is 10.1. The molecule has 0 atom stereocenters. The van der Waals surface area contributed by atoms with E-state index < -0.39 is 18.5 Å². The van der Waals surface area contributed by atoms with Crippen molar-refractivity contribution in [2.75, 3.05) is 12.4 Å². The van der Waals surface area contributed by atoms with Crippen LogP contribution in [0.5, 0.6) is 0 Å². The van der Waals surface area contributed by atoms with Gasteiger partial charge in [-0.15, -0.1) is 11.8 Å². The zero-order chi connectivity index (χ0) is 13.4. The lowest BCUT2D eigenvalue weighted by Gasteiger charge is -2.03. The highest BCUT2D eigenvalue weighted by molar-refractivity contribution is 7.99. The summed E-state index contributed by atoms with van der Waals surface area (Å²) in [5.41, 5.74) is 2.02. The van der Waals surface area contributed by atoms with Gasteiger partial charge in [0.15, 0.2) is 6.61 Å². The van der Waals surface area contributed by atoms with Crippen molar-refractivity contribution < 1.29 is 23.9 Å². The van der Waals surface area contributed by atoms with E-state index in [1.54, 1.807) is 12.1 Å². The van der Waals surface area contributed by atoms with Gasteiger partial charge in [0.2, 0.25) is 5.91 Å². The van der Waals surface area contributed by atoms with Crippen LogP contribution in [0.4, 0.5) is 4.39 Å². The van der Waals surface area contributed by atoms with Crippen molar-refractivity contribution in [1.82, 2.24) is 5.48 Å². The molecular formula is C11H12FNO4S. The van der Waals surface area contributed by atoms with E-state index in [0.717, 1.165) is 4.90 Å². The first-order valence-electron chi connectivity index (χ1n) is 5.08. The van der Waals surface area contributed by atoms with Gasteiger partial charge in [0.05, 0.1) is 0 Å². The quantitative estimate of drug-likeness (QED) is 0.581. The van der Waals surface area contributed by atoms with Crippen LogP contribution >= 0.6 is 11.8 Å². The van der Waals surface area contributed by atoms with E-state index >= 15 is 0 Å². The Labute approximate surface area is 107 Å². The SMILES string of the molecule is O=C(O)CONC(=O)CCSc1ccc(F)cc1. The van der Waals surface area contributed by atoms with Crippen molar-refractivity contribution >= 4 is 23.6 Å². The van der Waals surface area contributed by atoms with E-state index in [2.05, 4.69) is 4.84 Å². The minimum Gasteiger partial charge on any atom is -0.479 e. The minimum absolute atomic E-state index is 0.182. The number of halogens is 1.